The zero-order valence-corrected chi connectivity index (χ0v) is 13.2. The van der Waals surface area contributed by atoms with Crippen molar-refractivity contribution in [1.29, 1.82) is 0 Å². The molecule has 0 bridgehead atoms. The van der Waals surface area contributed by atoms with Crippen molar-refractivity contribution in [3.8, 4) is 10.6 Å². The van der Waals surface area contributed by atoms with E-state index in [-0.39, 0.29) is 12.4 Å². The first-order valence-corrected chi connectivity index (χ1v) is 7.59. The maximum absolute atomic E-state index is 4.55. The van der Waals surface area contributed by atoms with Crippen molar-refractivity contribution in [3.05, 3.63) is 41.4 Å². The summed E-state index contributed by atoms with van der Waals surface area (Å²) in [5.74, 6) is 0. The molecule has 20 heavy (non-hydrogen) atoms. The van der Waals surface area contributed by atoms with Gasteiger partial charge in [-0.25, -0.2) is 4.98 Å². The van der Waals surface area contributed by atoms with Crippen molar-refractivity contribution in [1.82, 2.24) is 15.2 Å². The molecule has 1 aliphatic rings. The molecule has 1 N–H and O–H groups in total. The Bertz CT molecular complexity index is 529. The molecular formula is C15H20ClN3S. The third-order valence-electron chi connectivity index (χ3n) is 3.57. The predicted molar refractivity (Wildman–Crippen MR) is 87.5 cm³/mol. The van der Waals surface area contributed by atoms with Crippen LogP contribution in [0.4, 0.5) is 0 Å². The molecule has 1 saturated heterocycles. The van der Waals surface area contributed by atoms with E-state index in [0.29, 0.717) is 6.04 Å². The molecule has 5 heteroatoms. The highest BCUT2D eigenvalue weighted by Gasteiger charge is 2.18. The van der Waals surface area contributed by atoms with Gasteiger partial charge in [-0.1, -0.05) is 30.3 Å². The lowest BCUT2D eigenvalue weighted by atomic mass is 10.2. The van der Waals surface area contributed by atoms with Gasteiger partial charge in [-0.2, -0.15) is 0 Å². The van der Waals surface area contributed by atoms with E-state index < -0.39 is 0 Å². The SMILES string of the molecule is C[C@@H]1CNCCN1Cc1cnc(-c2ccccc2)s1.Cl. The van der Waals surface area contributed by atoms with Gasteiger partial charge >= 0.3 is 0 Å². The zero-order valence-electron chi connectivity index (χ0n) is 11.6. The maximum atomic E-state index is 4.55. The van der Waals surface area contributed by atoms with Crippen LogP contribution in [0.1, 0.15) is 11.8 Å². The minimum atomic E-state index is 0. The van der Waals surface area contributed by atoms with Crippen LogP contribution in [0.2, 0.25) is 0 Å². The van der Waals surface area contributed by atoms with Crippen molar-refractivity contribution in [2.75, 3.05) is 19.6 Å². The molecule has 0 radical (unpaired) electrons. The summed E-state index contributed by atoms with van der Waals surface area (Å²) < 4.78 is 0. The third-order valence-corrected chi connectivity index (χ3v) is 4.60. The summed E-state index contributed by atoms with van der Waals surface area (Å²) in [6.07, 6.45) is 2.03. The van der Waals surface area contributed by atoms with Gasteiger partial charge in [-0.05, 0) is 6.92 Å². The number of hydrogen-bond acceptors (Lipinski definition) is 4. The topological polar surface area (TPSA) is 28.2 Å². The fourth-order valence-electron chi connectivity index (χ4n) is 2.41. The van der Waals surface area contributed by atoms with Crippen LogP contribution in [-0.4, -0.2) is 35.6 Å². The van der Waals surface area contributed by atoms with E-state index in [2.05, 4.69) is 46.4 Å². The van der Waals surface area contributed by atoms with Crippen molar-refractivity contribution >= 4 is 23.7 Å². The second kappa shape index (κ2) is 7.18. The lowest BCUT2D eigenvalue weighted by Gasteiger charge is -2.33. The first-order valence-electron chi connectivity index (χ1n) is 6.78. The molecule has 1 aromatic carbocycles. The first-order chi connectivity index (χ1) is 9.33. The highest BCUT2D eigenvalue weighted by molar-refractivity contribution is 7.15. The molecule has 0 spiro atoms. The molecule has 1 atom stereocenters. The Morgan fingerprint density at radius 3 is 2.90 bits per heavy atom. The monoisotopic (exact) mass is 309 g/mol. The normalized spacial score (nSPS) is 19.6. The summed E-state index contributed by atoms with van der Waals surface area (Å²) in [5.41, 5.74) is 1.21. The molecule has 1 fully saturated rings. The molecule has 3 nitrogen and oxygen atoms in total. The van der Waals surface area contributed by atoms with Crippen LogP contribution in [-0.2, 0) is 6.54 Å². The second-order valence-electron chi connectivity index (χ2n) is 5.02. The number of piperazine rings is 1. The summed E-state index contributed by atoms with van der Waals surface area (Å²) in [4.78, 5) is 8.43. The number of nitrogens with one attached hydrogen (secondary N) is 1. The lowest BCUT2D eigenvalue weighted by Crippen LogP contribution is -2.49. The smallest absolute Gasteiger partial charge is 0.123 e. The Kier molecular flexibility index (Phi) is 5.54. The standard InChI is InChI=1S/C15H19N3S.ClH/c1-12-9-16-7-8-18(12)11-14-10-17-15(19-14)13-5-3-2-4-6-13;/h2-6,10,12,16H,7-9,11H2,1H3;1H/t12-;/m1./s1. The number of hydrogen-bond donors (Lipinski definition) is 1. The number of aromatic nitrogens is 1. The predicted octanol–water partition coefficient (Wildman–Crippen LogP) is 3.03. The maximum Gasteiger partial charge on any atom is 0.123 e. The molecule has 1 aliphatic heterocycles. The van der Waals surface area contributed by atoms with E-state index in [9.17, 15) is 0 Å². The van der Waals surface area contributed by atoms with Crippen LogP contribution in [0.5, 0.6) is 0 Å². The molecule has 0 aliphatic carbocycles. The molecule has 2 heterocycles. The summed E-state index contributed by atoms with van der Waals surface area (Å²) in [6.45, 7) is 6.61. The van der Waals surface area contributed by atoms with Gasteiger partial charge in [-0.3, -0.25) is 4.90 Å². The van der Waals surface area contributed by atoms with Gasteiger partial charge in [0.05, 0.1) is 0 Å². The quantitative estimate of drug-likeness (QED) is 0.944. The van der Waals surface area contributed by atoms with Crippen molar-refractivity contribution in [2.24, 2.45) is 0 Å². The van der Waals surface area contributed by atoms with Crippen LogP contribution >= 0.6 is 23.7 Å². The summed E-state index contributed by atoms with van der Waals surface area (Å²) in [6, 6.07) is 11.0. The minimum absolute atomic E-state index is 0. The summed E-state index contributed by atoms with van der Waals surface area (Å²) in [7, 11) is 0. The molecule has 0 unspecified atom stereocenters. The van der Waals surface area contributed by atoms with E-state index >= 15 is 0 Å². The lowest BCUT2D eigenvalue weighted by molar-refractivity contribution is 0.167. The molecule has 3 rings (SSSR count). The first kappa shape index (κ1) is 15.4. The Hall–Kier alpha value is -0.940. The Labute approximate surface area is 130 Å². The van der Waals surface area contributed by atoms with Crippen molar-refractivity contribution < 1.29 is 0 Å². The van der Waals surface area contributed by atoms with Gasteiger partial charge < -0.3 is 5.32 Å². The van der Waals surface area contributed by atoms with Crippen molar-refractivity contribution in [2.45, 2.75) is 19.5 Å². The van der Waals surface area contributed by atoms with Gasteiger partial charge in [0, 0.05) is 48.9 Å². The van der Waals surface area contributed by atoms with E-state index in [4.69, 9.17) is 0 Å². The third kappa shape index (κ3) is 3.58. The number of halogens is 1. The molecule has 0 amide bonds. The van der Waals surface area contributed by atoms with E-state index in [0.717, 1.165) is 31.2 Å². The van der Waals surface area contributed by atoms with E-state index in [1.54, 1.807) is 0 Å². The molecular weight excluding hydrogens is 290 g/mol. The average molecular weight is 310 g/mol. The number of nitrogens with zero attached hydrogens (tertiary/aromatic N) is 2. The van der Waals surface area contributed by atoms with Gasteiger partial charge in [0.1, 0.15) is 5.01 Å². The van der Waals surface area contributed by atoms with E-state index in [1.807, 2.05) is 23.6 Å². The highest BCUT2D eigenvalue weighted by atomic mass is 35.5. The fourth-order valence-corrected chi connectivity index (χ4v) is 3.36. The Morgan fingerprint density at radius 1 is 1.35 bits per heavy atom. The number of rotatable bonds is 3. The highest BCUT2D eigenvalue weighted by Crippen LogP contribution is 2.26. The van der Waals surface area contributed by atoms with Crippen molar-refractivity contribution in [3.63, 3.8) is 0 Å². The van der Waals surface area contributed by atoms with Crippen LogP contribution in [0.25, 0.3) is 10.6 Å². The van der Waals surface area contributed by atoms with Crippen LogP contribution in [0.3, 0.4) is 0 Å². The fraction of sp³-hybridized carbons (Fsp3) is 0.400. The number of thiazole rings is 1. The molecule has 0 saturated carbocycles. The van der Waals surface area contributed by atoms with Gasteiger partial charge in [-0.15, -0.1) is 23.7 Å². The zero-order chi connectivity index (χ0) is 13.1. The van der Waals surface area contributed by atoms with Crippen LogP contribution in [0.15, 0.2) is 36.5 Å². The second-order valence-corrected chi connectivity index (χ2v) is 6.14. The largest absolute Gasteiger partial charge is 0.314 e. The summed E-state index contributed by atoms with van der Waals surface area (Å²) >= 11 is 1.81. The number of benzene rings is 1. The Morgan fingerprint density at radius 2 is 2.15 bits per heavy atom. The molecule has 2 aromatic rings. The van der Waals surface area contributed by atoms with Crippen LogP contribution < -0.4 is 5.32 Å². The van der Waals surface area contributed by atoms with Gasteiger partial charge in [0.2, 0.25) is 0 Å². The van der Waals surface area contributed by atoms with Gasteiger partial charge in [0.25, 0.3) is 0 Å². The van der Waals surface area contributed by atoms with E-state index in [1.165, 1.54) is 10.4 Å². The molecule has 108 valence electrons. The van der Waals surface area contributed by atoms with Gasteiger partial charge in [0.15, 0.2) is 0 Å². The average Bonchev–Trinajstić information content (AvgIpc) is 2.91. The van der Waals surface area contributed by atoms with Crippen LogP contribution in [0, 0.1) is 0 Å². The minimum Gasteiger partial charge on any atom is -0.314 e. The Balaban J connectivity index is 0.00000147. The summed E-state index contributed by atoms with van der Waals surface area (Å²) in [5, 5.41) is 4.55. The molecule has 1 aromatic heterocycles.